The van der Waals surface area contributed by atoms with Crippen molar-refractivity contribution in [2.75, 3.05) is 6.61 Å². The van der Waals surface area contributed by atoms with Gasteiger partial charge >= 0.3 is 6.11 Å². The van der Waals surface area contributed by atoms with Crippen LogP contribution in [-0.4, -0.2) is 6.61 Å². The lowest BCUT2D eigenvalue weighted by molar-refractivity contribution is -0.186. The van der Waals surface area contributed by atoms with Crippen molar-refractivity contribution in [1.29, 1.82) is 0 Å². The zero-order valence-corrected chi connectivity index (χ0v) is 17.8. The van der Waals surface area contributed by atoms with Crippen LogP contribution in [0.25, 0.3) is 10.8 Å². The normalized spacial score (nSPS) is 11.9. The first-order valence-electron chi connectivity index (χ1n) is 10.6. The lowest BCUT2D eigenvalue weighted by Crippen LogP contribution is -2.22. The number of halogens is 3. The maximum atomic E-state index is 14.7. The molecule has 0 fully saturated rings. The van der Waals surface area contributed by atoms with Crippen LogP contribution < -0.4 is 9.47 Å². The summed E-state index contributed by atoms with van der Waals surface area (Å²) in [5, 5.41) is 1.12. The zero-order chi connectivity index (χ0) is 22.3. The van der Waals surface area contributed by atoms with Crippen LogP contribution in [-0.2, 0) is 12.5 Å². The Hall–Kier alpha value is -2.95. The van der Waals surface area contributed by atoms with Gasteiger partial charge in [0.2, 0.25) is 0 Å². The fourth-order valence-corrected chi connectivity index (χ4v) is 3.28. The third-order valence-electron chi connectivity index (χ3n) is 5.04. The van der Waals surface area contributed by atoms with E-state index < -0.39 is 17.7 Å². The Morgan fingerprint density at radius 3 is 2.42 bits per heavy atom. The van der Waals surface area contributed by atoms with E-state index in [0.717, 1.165) is 31.2 Å². The molecule has 0 radical (unpaired) electrons. The van der Waals surface area contributed by atoms with E-state index in [1.54, 1.807) is 30.3 Å². The van der Waals surface area contributed by atoms with E-state index in [2.05, 4.69) is 6.92 Å². The van der Waals surface area contributed by atoms with E-state index in [0.29, 0.717) is 23.1 Å². The summed E-state index contributed by atoms with van der Waals surface area (Å²) in [5.41, 5.74) is 0.691. The van der Waals surface area contributed by atoms with E-state index in [1.807, 2.05) is 19.1 Å². The molecule has 0 unspecified atom stereocenters. The molecule has 0 spiro atoms. The van der Waals surface area contributed by atoms with E-state index in [9.17, 15) is 13.2 Å². The summed E-state index contributed by atoms with van der Waals surface area (Å²) < 4.78 is 54.3. The number of ether oxygens (including phenoxy) is 2. The van der Waals surface area contributed by atoms with Crippen molar-refractivity contribution >= 4 is 10.8 Å². The second-order valence-corrected chi connectivity index (χ2v) is 7.44. The maximum Gasteiger partial charge on any atom is 0.426 e. The number of alkyl halides is 2. The summed E-state index contributed by atoms with van der Waals surface area (Å²) in [7, 11) is 0. The summed E-state index contributed by atoms with van der Waals surface area (Å²) in [6.07, 6.45) is 4.14. The van der Waals surface area contributed by atoms with Crippen LogP contribution in [0.5, 0.6) is 11.5 Å². The molecule has 164 valence electrons. The average Bonchev–Trinajstić information content (AvgIpc) is 2.75. The van der Waals surface area contributed by atoms with Crippen LogP contribution in [0.2, 0.25) is 0 Å². The molecule has 2 nitrogen and oxygen atoms in total. The number of unbranched alkanes of at least 4 members (excludes halogenated alkanes) is 2. The van der Waals surface area contributed by atoms with Crippen LogP contribution in [0.1, 0.15) is 44.2 Å². The number of benzene rings is 3. The minimum atomic E-state index is -3.65. The standard InChI is InChI=1S/C26H27F3O2/c1-3-5-7-8-19-9-12-22(13-10-19)26(28,29)31-25-18-20-11-14-23(30-15-6-4-2)16-21(20)17-24(25)27/h4,6,9-14,16-18H,3,5,7-8,15H2,1-2H3/b6-4+. The Bertz CT molecular complexity index is 1030. The molecule has 5 heteroatoms. The molecule has 0 N–H and O–H groups in total. The molecular formula is C26H27F3O2. The number of rotatable bonds is 10. The predicted octanol–water partition coefficient (Wildman–Crippen LogP) is 7.79. The van der Waals surface area contributed by atoms with Crippen molar-refractivity contribution in [3.63, 3.8) is 0 Å². The van der Waals surface area contributed by atoms with Gasteiger partial charge in [-0.25, -0.2) is 4.39 Å². The summed E-state index contributed by atoms with van der Waals surface area (Å²) in [6, 6.07) is 13.6. The molecule has 0 atom stereocenters. The van der Waals surface area contributed by atoms with Gasteiger partial charge in [0.1, 0.15) is 12.4 Å². The molecule has 3 aromatic carbocycles. The van der Waals surface area contributed by atoms with Gasteiger partial charge in [-0.1, -0.05) is 50.1 Å². The van der Waals surface area contributed by atoms with E-state index in [-0.39, 0.29) is 5.56 Å². The lowest BCUT2D eigenvalue weighted by Gasteiger charge is -2.19. The van der Waals surface area contributed by atoms with E-state index >= 15 is 0 Å². The monoisotopic (exact) mass is 428 g/mol. The summed E-state index contributed by atoms with van der Waals surface area (Å²) in [6.45, 7) is 4.40. The molecule has 0 aliphatic heterocycles. The molecule has 0 saturated carbocycles. The molecule has 0 saturated heterocycles. The molecule has 0 aliphatic carbocycles. The maximum absolute atomic E-state index is 14.7. The van der Waals surface area contributed by atoms with Gasteiger partial charge in [0, 0.05) is 0 Å². The van der Waals surface area contributed by atoms with Crippen LogP contribution >= 0.6 is 0 Å². The van der Waals surface area contributed by atoms with Gasteiger partial charge in [-0.3, -0.25) is 0 Å². The fraction of sp³-hybridized carbons (Fsp3) is 0.308. The first kappa shape index (κ1) is 22.7. The Morgan fingerprint density at radius 1 is 0.935 bits per heavy atom. The van der Waals surface area contributed by atoms with Crippen molar-refractivity contribution in [1.82, 2.24) is 0 Å². The van der Waals surface area contributed by atoms with Gasteiger partial charge in [-0.2, -0.15) is 8.78 Å². The predicted molar refractivity (Wildman–Crippen MR) is 118 cm³/mol. The topological polar surface area (TPSA) is 18.5 Å². The Morgan fingerprint density at radius 2 is 1.71 bits per heavy atom. The quantitative estimate of drug-likeness (QED) is 0.242. The van der Waals surface area contributed by atoms with Crippen molar-refractivity contribution in [3.05, 3.63) is 83.7 Å². The van der Waals surface area contributed by atoms with E-state index in [4.69, 9.17) is 9.47 Å². The smallest absolute Gasteiger partial charge is 0.426 e. The SMILES string of the molecule is C/C=C/COc1ccc2cc(OC(F)(F)c3ccc(CCCCC)cc3)c(F)cc2c1. The second kappa shape index (κ2) is 10.4. The molecule has 3 aromatic rings. The Labute approximate surface area is 181 Å². The molecule has 0 heterocycles. The number of aryl methyl sites for hydroxylation is 1. The van der Waals surface area contributed by atoms with Crippen molar-refractivity contribution in [2.24, 2.45) is 0 Å². The third-order valence-corrected chi connectivity index (χ3v) is 5.04. The van der Waals surface area contributed by atoms with Gasteiger partial charge in [0.05, 0.1) is 5.56 Å². The molecule has 0 aromatic heterocycles. The van der Waals surface area contributed by atoms with E-state index in [1.165, 1.54) is 24.3 Å². The minimum Gasteiger partial charge on any atom is -0.490 e. The molecule has 0 aliphatic rings. The first-order chi connectivity index (χ1) is 14.9. The summed E-state index contributed by atoms with van der Waals surface area (Å²) >= 11 is 0. The number of allylic oxidation sites excluding steroid dienone is 1. The summed E-state index contributed by atoms with van der Waals surface area (Å²) in [4.78, 5) is 0. The van der Waals surface area contributed by atoms with Crippen LogP contribution in [0, 0.1) is 5.82 Å². The number of hydrogen-bond acceptors (Lipinski definition) is 2. The van der Waals surface area contributed by atoms with Gasteiger partial charge in [-0.05, 0) is 72.5 Å². The molecule has 31 heavy (non-hydrogen) atoms. The van der Waals surface area contributed by atoms with Crippen molar-refractivity contribution in [3.8, 4) is 11.5 Å². The third kappa shape index (κ3) is 6.03. The molecular weight excluding hydrogens is 401 g/mol. The van der Waals surface area contributed by atoms with Gasteiger partial charge in [-0.15, -0.1) is 0 Å². The van der Waals surface area contributed by atoms with Crippen molar-refractivity contribution in [2.45, 2.75) is 45.6 Å². The highest BCUT2D eigenvalue weighted by Gasteiger charge is 2.35. The van der Waals surface area contributed by atoms with Gasteiger partial charge in [0.25, 0.3) is 0 Å². The lowest BCUT2D eigenvalue weighted by atomic mass is 10.0. The highest BCUT2D eigenvalue weighted by atomic mass is 19.3. The van der Waals surface area contributed by atoms with Crippen LogP contribution in [0.4, 0.5) is 13.2 Å². The number of fused-ring (bicyclic) bond motifs is 1. The molecule has 0 bridgehead atoms. The number of hydrogen-bond donors (Lipinski definition) is 0. The van der Waals surface area contributed by atoms with Crippen molar-refractivity contribution < 1.29 is 22.6 Å². The van der Waals surface area contributed by atoms with Gasteiger partial charge in [0.15, 0.2) is 11.6 Å². The highest BCUT2D eigenvalue weighted by Crippen LogP contribution is 2.35. The fourth-order valence-electron chi connectivity index (χ4n) is 3.28. The minimum absolute atomic E-state index is 0.307. The zero-order valence-electron chi connectivity index (χ0n) is 17.8. The second-order valence-electron chi connectivity index (χ2n) is 7.44. The summed E-state index contributed by atoms with van der Waals surface area (Å²) in [5.74, 6) is -0.774. The molecule has 3 rings (SSSR count). The average molecular weight is 428 g/mol. The van der Waals surface area contributed by atoms with Crippen LogP contribution in [0.3, 0.4) is 0 Å². The molecule has 0 amide bonds. The largest absolute Gasteiger partial charge is 0.490 e. The first-order valence-corrected chi connectivity index (χ1v) is 10.6. The Balaban J connectivity index is 1.76. The van der Waals surface area contributed by atoms with Crippen LogP contribution in [0.15, 0.2) is 66.7 Å². The Kier molecular flexibility index (Phi) is 7.61. The highest BCUT2D eigenvalue weighted by molar-refractivity contribution is 5.85. The van der Waals surface area contributed by atoms with Gasteiger partial charge < -0.3 is 9.47 Å².